The minimum Gasteiger partial charge on any atom is -0.324 e. The molecule has 4 nitrogen and oxygen atoms in total. The van der Waals surface area contributed by atoms with Crippen molar-refractivity contribution in [2.24, 2.45) is 5.73 Å². The fraction of sp³-hybridized carbons (Fsp3) is 0.214. The summed E-state index contributed by atoms with van der Waals surface area (Å²) < 4.78 is 23.0. The maximum Gasteiger partial charge on any atom is 0.175 e. The van der Waals surface area contributed by atoms with Crippen LogP contribution in [-0.2, 0) is 16.3 Å². The van der Waals surface area contributed by atoms with E-state index in [9.17, 15) is 8.42 Å². The Bertz CT molecular complexity index is 654. The quantitative estimate of drug-likeness (QED) is 0.923. The van der Waals surface area contributed by atoms with E-state index in [1.54, 1.807) is 30.6 Å². The highest BCUT2D eigenvalue weighted by molar-refractivity contribution is 7.90. The van der Waals surface area contributed by atoms with Gasteiger partial charge < -0.3 is 5.73 Å². The maximum atomic E-state index is 11.5. The zero-order valence-corrected chi connectivity index (χ0v) is 11.5. The predicted octanol–water partition coefficient (Wildman–Crippen LogP) is 1.73. The highest BCUT2D eigenvalue weighted by atomic mass is 32.2. The van der Waals surface area contributed by atoms with Gasteiger partial charge in [0, 0.05) is 24.7 Å². The monoisotopic (exact) mass is 276 g/mol. The Hall–Kier alpha value is -1.72. The predicted molar refractivity (Wildman–Crippen MR) is 74.4 cm³/mol. The Balaban J connectivity index is 2.23. The zero-order chi connectivity index (χ0) is 13.9. The molecule has 0 aliphatic heterocycles. The van der Waals surface area contributed by atoms with Gasteiger partial charge in [0.1, 0.15) is 0 Å². The van der Waals surface area contributed by atoms with Crippen LogP contribution in [0.2, 0.25) is 0 Å². The SMILES string of the molecule is CS(=O)(=O)c1cccc(C(N)Cc2cccnc2)c1. The number of benzene rings is 1. The Morgan fingerprint density at radius 2 is 2.05 bits per heavy atom. The van der Waals surface area contributed by atoms with Gasteiger partial charge in [-0.2, -0.15) is 0 Å². The topological polar surface area (TPSA) is 73.0 Å². The van der Waals surface area contributed by atoms with Gasteiger partial charge in [0.25, 0.3) is 0 Å². The lowest BCUT2D eigenvalue weighted by Gasteiger charge is -2.12. The van der Waals surface area contributed by atoms with Gasteiger partial charge in [0.05, 0.1) is 4.90 Å². The van der Waals surface area contributed by atoms with E-state index in [1.165, 1.54) is 6.26 Å². The number of pyridine rings is 1. The molecule has 1 atom stereocenters. The van der Waals surface area contributed by atoms with Gasteiger partial charge in [-0.1, -0.05) is 18.2 Å². The molecule has 5 heteroatoms. The molecule has 2 aromatic rings. The lowest BCUT2D eigenvalue weighted by atomic mass is 10.0. The van der Waals surface area contributed by atoms with Crippen LogP contribution in [0.25, 0.3) is 0 Å². The number of hydrogen-bond donors (Lipinski definition) is 1. The van der Waals surface area contributed by atoms with Crippen LogP contribution in [0.3, 0.4) is 0 Å². The molecular weight excluding hydrogens is 260 g/mol. The summed E-state index contributed by atoms with van der Waals surface area (Å²) in [5, 5.41) is 0. The first-order chi connectivity index (χ1) is 8.97. The number of aromatic nitrogens is 1. The van der Waals surface area contributed by atoms with Crippen LogP contribution in [-0.4, -0.2) is 19.7 Å². The van der Waals surface area contributed by atoms with E-state index in [4.69, 9.17) is 5.73 Å². The molecule has 2 N–H and O–H groups in total. The summed E-state index contributed by atoms with van der Waals surface area (Å²) in [6.45, 7) is 0. The second kappa shape index (κ2) is 5.50. The van der Waals surface area contributed by atoms with E-state index in [1.807, 2.05) is 18.2 Å². The van der Waals surface area contributed by atoms with Gasteiger partial charge in [-0.05, 0) is 35.7 Å². The highest BCUT2D eigenvalue weighted by Crippen LogP contribution is 2.19. The Labute approximate surface area is 113 Å². The Morgan fingerprint density at radius 1 is 1.26 bits per heavy atom. The van der Waals surface area contributed by atoms with Crippen molar-refractivity contribution in [1.82, 2.24) is 4.98 Å². The molecule has 0 saturated heterocycles. The average Bonchev–Trinajstić information content (AvgIpc) is 2.39. The Morgan fingerprint density at radius 3 is 2.68 bits per heavy atom. The second-order valence-corrected chi connectivity index (χ2v) is 6.53. The number of nitrogens with zero attached hydrogens (tertiary/aromatic N) is 1. The normalized spacial score (nSPS) is 13.2. The number of rotatable bonds is 4. The third-order valence-electron chi connectivity index (χ3n) is 2.89. The van der Waals surface area contributed by atoms with E-state index in [2.05, 4.69) is 4.98 Å². The number of nitrogens with two attached hydrogens (primary N) is 1. The summed E-state index contributed by atoms with van der Waals surface area (Å²) in [5.41, 5.74) is 7.96. The van der Waals surface area contributed by atoms with Crippen LogP contribution in [0.15, 0.2) is 53.7 Å². The molecule has 1 unspecified atom stereocenters. The van der Waals surface area contributed by atoms with Gasteiger partial charge in [-0.15, -0.1) is 0 Å². The first kappa shape index (κ1) is 13.7. The van der Waals surface area contributed by atoms with Gasteiger partial charge in [0.2, 0.25) is 0 Å². The van der Waals surface area contributed by atoms with E-state index < -0.39 is 9.84 Å². The minimum atomic E-state index is -3.20. The summed E-state index contributed by atoms with van der Waals surface area (Å²) in [6.07, 6.45) is 5.29. The number of hydrogen-bond acceptors (Lipinski definition) is 4. The molecule has 0 amide bonds. The van der Waals surface area contributed by atoms with Crippen LogP contribution in [0.4, 0.5) is 0 Å². The highest BCUT2D eigenvalue weighted by Gasteiger charge is 2.12. The smallest absolute Gasteiger partial charge is 0.175 e. The van der Waals surface area contributed by atoms with Crippen LogP contribution < -0.4 is 5.73 Å². The van der Waals surface area contributed by atoms with Crippen LogP contribution >= 0.6 is 0 Å². The summed E-state index contributed by atoms with van der Waals surface area (Å²) in [6, 6.07) is 10.3. The standard InChI is InChI=1S/C14H16N2O2S/c1-19(17,18)13-6-2-5-12(9-13)14(15)8-11-4-3-7-16-10-11/h2-7,9-10,14H,8,15H2,1H3. The average molecular weight is 276 g/mol. The van der Waals surface area contributed by atoms with E-state index in [0.717, 1.165) is 11.1 Å². The van der Waals surface area contributed by atoms with Crippen molar-refractivity contribution in [2.45, 2.75) is 17.4 Å². The molecule has 19 heavy (non-hydrogen) atoms. The van der Waals surface area contributed by atoms with E-state index in [-0.39, 0.29) is 6.04 Å². The third kappa shape index (κ3) is 3.62. The van der Waals surface area contributed by atoms with Crippen molar-refractivity contribution in [3.63, 3.8) is 0 Å². The molecule has 0 fully saturated rings. The second-order valence-electron chi connectivity index (χ2n) is 4.52. The van der Waals surface area contributed by atoms with Gasteiger partial charge >= 0.3 is 0 Å². The Kier molecular flexibility index (Phi) is 3.97. The van der Waals surface area contributed by atoms with Gasteiger partial charge in [0.15, 0.2) is 9.84 Å². The first-order valence-electron chi connectivity index (χ1n) is 5.91. The molecule has 0 aliphatic carbocycles. The molecule has 0 saturated carbocycles. The van der Waals surface area contributed by atoms with Crippen molar-refractivity contribution >= 4 is 9.84 Å². The minimum absolute atomic E-state index is 0.245. The van der Waals surface area contributed by atoms with Gasteiger partial charge in [-0.3, -0.25) is 4.98 Å². The van der Waals surface area contributed by atoms with Crippen molar-refractivity contribution in [3.05, 3.63) is 59.9 Å². The lowest BCUT2D eigenvalue weighted by molar-refractivity contribution is 0.601. The van der Waals surface area contributed by atoms with Crippen molar-refractivity contribution in [1.29, 1.82) is 0 Å². The molecule has 0 bridgehead atoms. The molecular formula is C14H16N2O2S. The molecule has 100 valence electrons. The fourth-order valence-electron chi connectivity index (χ4n) is 1.87. The van der Waals surface area contributed by atoms with Crippen LogP contribution in [0.5, 0.6) is 0 Å². The molecule has 0 spiro atoms. The molecule has 2 rings (SSSR count). The lowest BCUT2D eigenvalue weighted by Crippen LogP contribution is -2.14. The fourth-order valence-corrected chi connectivity index (χ4v) is 2.54. The van der Waals surface area contributed by atoms with Gasteiger partial charge in [-0.25, -0.2) is 8.42 Å². The molecule has 1 aromatic carbocycles. The van der Waals surface area contributed by atoms with Crippen LogP contribution in [0.1, 0.15) is 17.2 Å². The van der Waals surface area contributed by atoms with Crippen molar-refractivity contribution in [3.8, 4) is 0 Å². The number of sulfone groups is 1. The summed E-state index contributed by atoms with van der Waals surface area (Å²) in [5.74, 6) is 0. The maximum absolute atomic E-state index is 11.5. The van der Waals surface area contributed by atoms with E-state index >= 15 is 0 Å². The largest absolute Gasteiger partial charge is 0.324 e. The molecule has 1 heterocycles. The molecule has 1 aromatic heterocycles. The van der Waals surface area contributed by atoms with E-state index in [0.29, 0.717) is 11.3 Å². The van der Waals surface area contributed by atoms with Crippen molar-refractivity contribution in [2.75, 3.05) is 6.26 Å². The zero-order valence-electron chi connectivity index (χ0n) is 10.7. The summed E-state index contributed by atoms with van der Waals surface area (Å²) >= 11 is 0. The van der Waals surface area contributed by atoms with Crippen LogP contribution in [0, 0.1) is 0 Å². The summed E-state index contributed by atoms with van der Waals surface area (Å²) in [4.78, 5) is 4.33. The van der Waals surface area contributed by atoms with Crippen molar-refractivity contribution < 1.29 is 8.42 Å². The molecule has 0 radical (unpaired) electrons. The summed E-state index contributed by atoms with van der Waals surface area (Å²) in [7, 11) is -3.20. The third-order valence-corrected chi connectivity index (χ3v) is 4.00. The first-order valence-corrected chi connectivity index (χ1v) is 7.80. The molecule has 0 aliphatic rings.